The van der Waals surface area contributed by atoms with Gasteiger partial charge in [0, 0.05) is 28.5 Å². The van der Waals surface area contributed by atoms with Gasteiger partial charge in [-0.1, -0.05) is 15.9 Å². The lowest BCUT2D eigenvalue weighted by molar-refractivity contribution is -0.138. The number of nitrogens with one attached hydrogen (secondary N) is 1. The van der Waals surface area contributed by atoms with Crippen LogP contribution in [0.2, 0.25) is 0 Å². The van der Waals surface area contributed by atoms with Crippen LogP contribution in [0.4, 0.5) is 24.0 Å². The van der Waals surface area contributed by atoms with Crippen molar-refractivity contribution in [1.82, 2.24) is 4.98 Å². The zero-order valence-electron chi connectivity index (χ0n) is 13.3. The van der Waals surface area contributed by atoms with Gasteiger partial charge in [-0.05, 0) is 24.6 Å². The first kappa shape index (κ1) is 18.8. The summed E-state index contributed by atoms with van der Waals surface area (Å²) in [6, 6.07) is 3.49. The highest BCUT2D eigenvalue weighted by molar-refractivity contribution is 9.10. The zero-order chi connectivity index (χ0) is 18.9. The molecule has 0 spiro atoms. The molecule has 138 valence electrons. The van der Waals surface area contributed by atoms with E-state index in [2.05, 4.69) is 26.2 Å². The van der Waals surface area contributed by atoms with Gasteiger partial charge in [0.2, 0.25) is 11.8 Å². The number of nitrogens with zero attached hydrogens (tertiary/aromatic N) is 2. The number of aromatic nitrogens is 1. The molecular weight excluding hydrogens is 435 g/mol. The Morgan fingerprint density at radius 2 is 2.15 bits per heavy atom. The van der Waals surface area contributed by atoms with Gasteiger partial charge in [-0.2, -0.15) is 13.2 Å². The molecule has 1 aromatic carbocycles. The molecule has 2 amide bonds. The summed E-state index contributed by atoms with van der Waals surface area (Å²) in [6.45, 7) is 0.608. The van der Waals surface area contributed by atoms with E-state index in [4.69, 9.17) is 0 Å². The van der Waals surface area contributed by atoms with Gasteiger partial charge in [0.15, 0.2) is 5.13 Å². The molecule has 10 heteroatoms. The first-order chi connectivity index (χ1) is 12.2. The van der Waals surface area contributed by atoms with Crippen LogP contribution in [0.15, 0.2) is 28.1 Å². The minimum atomic E-state index is -4.52. The number of carbonyl (C=O) groups excluding carboxylic acids is 2. The van der Waals surface area contributed by atoms with Crippen molar-refractivity contribution in [3.8, 4) is 0 Å². The highest BCUT2D eigenvalue weighted by Gasteiger charge is 2.33. The summed E-state index contributed by atoms with van der Waals surface area (Å²) in [5.41, 5.74) is -0.343. The Morgan fingerprint density at radius 3 is 2.81 bits per heavy atom. The lowest BCUT2D eigenvalue weighted by atomic mass is 10.2. The molecule has 3 rings (SSSR count). The Balaban J connectivity index is 1.66. The van der Waals surface area contributed by atoms with Crippen molar-refractivity contribution >= 4 is 49.9 Å². The number of halogens is 4. The average molecular weight is 448 g/mol. The monoisotopic (exact) mass is 447 g/mol. The van der Waals surface area contributed by atoms with E-state index in [0.717, 1.165) is 12.5 Å². The quantitative estimate of drug-likeness (QED) is 0.762. The van der Waals surface area contributed by atoms with E-state index < -0.39 is 17.6 Å². The van der Waals surface area contributed by atoms with Gasteiger partial charge in [-0.3, -0.25) is 14.5 Å². The largest absolute Gasteiger partial charge is 0.417 e. The van der Waals surface area contributed by atoms with Crippen molar-refractivity contribution in [1.29, 1.82) is 0 Å². The topological polar surface area (TPSA) is 62.3 Å². The molecule has 0 bridgehead atoms. The number of anilines is 2. The van der Waals surface area contributed by atoms with E-state index in [1.54, 1.807) is 10.3 Å². The van der Waals surface area contributed by atoms with Crippen molar-refractivity contribution in [2.45, 2.75) is 25.4 Å². The third-order valence-corrected chi connectivity index (χ3v) is 5.35. The maximum atomic E-state index is 12.9. The first-order valence-electron chi connectivity index (χ1n) is 7.65. The van der Waals surface area contributed by atoms with Crippen LogP contribution in [-0.4, -0.2) is 23.3 Å². The summed E-state index contributed by atoms with van der Waals surface area (Å²) in [7, 11) is 0. The molecule has 1 aromatic heterocycles. The number of amides is 2. The maximum Gasteiger partial charge on any atom is 0.417 e. The summed E-state index contributed by atoms with van der Waals surface area (Å²) < 4.78 is 38.6. The van der Waals surface area contributed by atoms with Crippen LogP contribution in [0.1, 0.15) is 24.1 Å². The Labute approximate surface area is 159 Å². The number of benzene rings is 1. The van der Waals surface area contributed by atoms with Crippen LogP contribution >= 0.6 is 27.3 Å². The van der Waals surface area contributed by atoms with Crippen LogP contribution < -0.4 is 10.2 Å². The molecule has 1 aliphatic rings. The molecule has 0 saturated carbocycles. The minimum absolute atomic E-state index is 0.00453. The molecule has 1 fully saturated rings. The van der Waals surface area contributed by atoms with Gasteiger partial charge in [-0.15, -0.1) is 11.3 Å². The van der Waals surface area contributed by atoms with Gasteiger partial charge in [0.25, 0.3) is 0 Å². The molecule has 0 unspecified atom stereocenters. The van der Waals surface area contributed by atoms with Crippen LogP contribution in [0.5, 0.6) is 0 Å². The lowest BCUT2D eigenvalue weighted by Crippen LogP contribution is -2.23. The molecule has 5 nitrogen and oxygen atoms in total. The van der Waals surface area contributed by atoms with Crippen molar-refractivity contribution in [3.63, 3.8) is 0 Å². The maximum absolute atomic E-state index is 12.9. The summed E-state index contributed by atoms with van der Waals surface area (Å²) in [5, 5.41) is 4.65. The molecule has 0 radical (unpaired) electrons. The van der Waals surface area contributed by atoms with Crippen molar-refractivity contribution in [3.05, 3.63) is 39.3 Å². The predicted molar refractivity (Wildman–Crippen MR) is 95.2 cm³/mol. The third kappa shape index (κ3) is 4.24. The summed E-state index contributed by atoms with van der Waals surface area (Å²) >= 11 is 4.12. The van der Waals surface area contributed by atoms with Crippen LogP contribution in [0, 0.1) is 0 Å². The predicted octanol–water partition coefficient (Wildman–Crippen LogP) is 4.23. The normalized spacial score (nSPS) is 14.8. The summed E-state index contributed by atoms with van der Waals surface area (Å²) in [6.07, 6.45) is -3.35. The van der Waals surface area contributed by atoms with Crippen molar-refractivity contribution < 1.29 is 22.8 Å². The average Bonchev–Trinajstić information content (AvgIpc) is 3.16. The van der Waals surface area contributed by atoms with Gasteiger partial charge < -0.3 is 5.32 Å². The second-order valence-corrected chi connectivity index (χ2v) is 7.38. The zero-order valence-corrected chi connectivity index (χ0v) is 15.7. The van der Waals surface area contributed by atoms with E-state index in [1.807, 2.05) is 0 Å². The number of rotatable bonds is 4. The molecule has 2 heterocycles. The summed E-state index contributed by atoms with van der Waals surface area (Å²) in [5.74, 6) is -0.477. The second kappa shape index (κ2) is 7.36. The number of alkyl halides is 3. The molecule has 0 atom stereocenters. The smallest absolute Gasteiger partial charge is 0.326 e. The standard InChI is InChI=1S/C16H13BrF3N3O2S/c17-12-4-3-9(6-11(12)16(18,19)20)21-13(24)7-10-8-26-15(22-10)23-5-1-2-14(23)25/h3-4,6,8H,1-2,5,7H2,(H,21,24). The highest BCUT2D eigenvalue weighted by Crippen LogP contribution is 2.36. The van der Waals surface area contributed by atoms with Gasteiger partial charge in [0.05, 0.1) is 17.7 Å². The Morgan fingerprint density at radius 1 is 1.38 bits per heavy atom. The van der Waals surface area contributed by atoms with Crippen molar-refractivity contribution in [2.24, 2.45) is 0 Å². The molecule has 1 aliphatic heterocycles. The SMILES string of the molecule is O=C(Cc1csc(N2CCCC2=O)n1)Nc1ccc(Br)c(C(F)(F)F)c1. The van der Waals surface area contributed by atoms with E-state index in [1.165, 1.54) is 23.5 Å². The summed E-state index contributed by atoms with van der Waals surface area (Å²) in [4.78, 5) is 29.7. The number of hydrogen-bond donors (Lipinski definition) is 1. The Bertz CT molecular complexity index is 854. The van der Waals surface area contributed by atoms with Gasteiger partial charge in [-0.25, -0.2) is 4.98 Å². The van der Waals surface area contributed by atoms with E-state index in [-0.39, 0.29) is 22.5 Å². The Kier molecular flexibility index (Phi) is 5.33. The fourth-order valence-electron chi connectivity index (χ4n) is 2.54. The lowest BCUT2D eigenvalue weighted by Gasteiger charge is -2.12. The van der Waals surface area contributed by atoms with Gasteiger partial charge >= 0.3 is 6.18 Å². The molecule has 0 aliphatic carbocycles. The fraction of sp³-hybridized carbons (Fsp3) is 0.312. The first-order valence-corrected chi connectivity index (χ1v) is 9.32. The fourth-order valence-corrected chi connectivity index (χ4v) is 3.88. The van der Waals surface area contributed by atoms with Gasteiger partial charge in [0.1, 0.15) is 0 Å². The van der Waals surface area contributed by atoms with E-state index in [9.17, 15) is 22.8 Å². The van der Waals surface area contributed by atoms with Crippen molar-refractivity contribution in [2.75, 3.05) is 16.8 Å². The number of hydrogen-bond acceptors (Lipinski definition) is 4. The molecule has 2 aromatic rings. The molecular formula is C16H13BrF3N3O2S. The van der Waals surface area contributed by atoms with E-state index >= 15 is 0 Å². The number of carbonyl (C=O) groups is 2. The second-order valence-electron chi connectivity index (χ2n) is 5.69. The third-order valence-electron chi connectivity index (χ3n) is 3.74. The van der Waals surface area contributed by atoms with Crippen LogP contribution in [0.3, 0.4) is 0 Å². The Hall–Kier alpha value is -1.94. The molecule has 26 heavy (non-hydrogen) atoms. The minimum Gasteiger partial charge on any atom is -0.326 e. The number of thiazole rings is 1. The molecule has 1 N–H and O–H groups in total. The molecule has 1 saturated heterocycles. The highest BCUT2D eigenvalue weighted by atomic mass is 79.9. The van der Waals surface area contributed by atoms with E-state index in [0.29, 0.717) is 23.8 Å². The van der Waals surface area contributed by atoms with Crippen LogP contribution in [0.25, 0.3) is 0 Å². The van der Waals surface area contributed by atoms with Crippen LogP contribution in [-0.2, 0) is 22.2 Å².